The third-order valence-corrected chi connectivity index (χ3v) is 7.15. The first-order valence-corrected chi connectivity index (χ1v) is 14.0. The van der Waals surface area contributed by atoms with Crippen molar-refractivity contribution in [1.29, 1.82) is 0 Å². The molecular weight excluding hydrogens is 550 g/mol. The van der Waals surface area contributed by atoms with E-state index in [1.54, 1.807) is 74.9 Å². The van der Waals surface area contributed by atoms with Gasteiger partial charge in [-0.25, -0.2) is 0 Å². The molecule has 4 rings (SSSR count). The topological polar surface area (TPSA) is 106 Å². The Morgan fingerprint density at radius 1 is 0.762 bits per heavy atom. The molecule has 0 atom stereocenters. The zero-order valence-electron chi connectivity index (χ0n) is 23.5. The van der Waals surface area contributed by atoms with E-state index in [4.69, 9.17) is 9.47 Å². The number of hydrogen-bond donors (Lipinski definition) is 3. The van der Waals surface area contributed by atoms with E-state index in [9.17, 15) is 14.4 Å². The van der Waals surface area contributed by atoms with Crippen molar-refractivity contribution in [3.05, 3.63) is 119 Å². The molecule has 0 unspecified atom stereocenters. The number of carbonyl (C=O) groups excluding carboxylic acids is 3. The number of aryl methyl sites for hydroxylation is 1. The van der Waals surface area contributed by atoms with Gasteiger partial charge in [-0.15, -0.1) is 11.8 Å². The number of anilines is 2. The van der Waals surface area contributed by atoms with E-state index in [1.807, 2.05) is 49.4 Å². The number of carbonyl (C=O) groups is 3. The van der Waals surface area contributed by atoms with Gasteiger partial charge in [-0.2, -0.15) is 0 Å². The molecule has 0 aromatic heterocycles. The number of rotatable bonds is 11. The van der Waals surface area contributed by atoms with Gasteiger partial charge in [0.15, 0.2) is 0 Å². The Morgan fingerprint density at radius 3 is 2.05 bits per heavy atom. The second kappa shape index (κ2) is 14.6. The monoisotopic (exact) mass is 581 g/mol. The predicted octanol–water partition coefficient (Wildman–Crippen LogP) is 6.15. The second-order valence-corrected chi connectivity index (χ2v) is 10.2. The maximum absolute atomic E-state index is 13.3. The number of benzene rings is 4. The Balaban J connectivity index is 1.40. The van der Waals surface area contributed by atoms with E-state index < -0.39 is 5.91 Å². The van der Waals surface area contributed by atoms with Crippen LogP contribution in [0.5, 0.6) is 11.5 Å². The molecule has 3 amide bonds. The number of thioether (sulfide) groups is 1. The van der Waals surface area contributed by atoms with Crippen LogP contribution in [0, 0.1) is 6.92 Å². The van der Waals surface area contributed by atoms with Gasteiger partial charge in [0, 0.05) is 40.0 Å². The molecule has 3 N–H and O–H groups in total. The fourth-order valence-corrected chi connectivity index (χ4v) is 4.60. The van der Waals surface area contributed by atoms with Crippen LogP contribution in [-0.2, 0) is 9.59 Å². The lowest BCUT2D eigenvalue weighted by molar-refractivity contribution is -0.114. The van der Waals surface area contributed by atoms with Crippen molar-refractivity contribution < 1.29 is 23.9 Å². The number of amides is 3. The van der Waals surface area contributed by atoms with Crippen molar-refractivity contribution >= 4 is 46.9 Å². The van der Waals surface area contributed by atoms with Crippen LogP contribution in [0.15, 0.2) is 108 Å². The third-order valence-electron chi connectivity index (χ3n) is 6.13. The lowest BCUT2D eigenvalue weighted by Crippen LogP contribution is -2.30. The quantitative estimate of drug-likeness (QED) is 0.145. The Kier molecular flexibility index (Phi) is 10.4. The van der Waals surface area contributed by atoms with Crippen molar-refractivity contribution in [2.75, 3.05) is 30.6 Å². The molecule has 0 radical (unpaired) electrons. The molecule has 0 aliphatic heterocycles. The highest BCUT2D eigenvalue weighted by atomic mass is 32.2. The summed E-state index contributed by atoms with van der Waals surface area (Å²) in [4.78, 5) is 39.5. The van der Waals surface area contributed by atoms with E-state index in [0.29, 0.717) is 28.4 Å². The molecule has 0 aliphatic rings. The van der Waals surface area contributed by atoms with Gasteiger partial charge in [-0.05, 0) is 60.5 Å². The minimum atomic E-state index is -0.462. The summed E-state index contributed by atoms with van der Waals surface area (Å²) >= 11 is 1.36. The molecule has 0 spiro atoms. The maximum atomic E-state index is 13.3. The number of methoxy groups -OCH3 is 2. The van der Waals surface area contributed by atoms with Gasteiger partial charge in [0.1, 0.15) is 17.2 Å². The SMILES string of the molecule is COc1cc(NC(=O)CSc2ccc(NC(=O)/C(=C/c3ccccc3C)NC(=O)c3ccccc3)cc2)cc(OC)c1. The molecule has 8 nitrogen and oxygen atoms in total. The summed E-state index contributed by atoms with van der Waals surface area (Å²) in [5, 5.41) is 8.45. The third kappa shape index (κ3) is 8.49. The smallest absolute Gasteiger partial charge is 0.272 e. The van der Waals surface area contributed by atoms with Gasteiger partial charge in [0.2, 0.25) is 5.91 Å². The highest BCUT2D eigenvalue weighted by Gasteiger charge is 2.16. The standard InChI is InChI=1S/C33H31N3O5S/c1-22-9-7-8-12-24(22)17-30(36-32(38)23-10-5-4-6-11-23)33(39)35-25-13-15-29(16-14-25)42-21-31(37)34-26-18-27(40-2)20-28(19-26)41-3/h4-20H,21H2,1-3H3,(H,34,37)(H,35,39)(H,36,38)/b30-17-. The van der Waals surface area contributed by atoms with Crippen LogP contribution in [0.1, 0.15) is 21.5 Å². The van der Waals surface area contributed by atoms with Gasteiger partial charge < -0.3 is 25.4 Å². The minimum Gasteiger partial charge on any atom is -0.497 e. The van der Waals surface area contributed by atoms with Crippen molar-refractivity contribution in [3.8, 4) is 11.5 Å². The zero-order valence-corrected chi connectivity index (χ0v) is 24.3. The molecule has 0 saturated carbocycles. The summed E-state index contributed by atoms with van der Waals surface area (Å²) in [6.45, 7) is 1.94. The molecule has 0 aliphatic carbocycles. The normalized spacial score (nSPS) is 10.9. The van der Waals surface area contributed by atoms with Crippen LogP contribution in [0.2, 0.25) is 0 Å². The largest absolute Gasteiger partial charge is 0.497 e. The summed E-state index contributed by atoms with van der Waals surface area (Å²) in [6.07, 6.45) is 1.66. The fourth-order valence-electron chi connectivity index (χ4n) is 3.91. The van der Waals surface area contributed by atoms with Crippen LogP contribution < -0.4 is 25.4 Å². The second-order valence-electron chi connectivity index (χ2n) is 9.15. The molecule has 4 aromatic carbocycles. The predicted molar refractivity (Wildman–Crippen MR) is 167 cm³/mol. The van der Waals surface area contributed by atoms with Gasteiger partial charge >= 0.3 is 0 Å². The molecule has 0 bridgehead atoms. The first kappa shape index (κ1) is 30.0. The Bertz CT molecular complexity index is 1570. The van der Waals surface area contributed by atoms with E-state index in [0.717, 1.165) is 16.0 Å². The highest BCUT2D eigenvalue weighted by molar-refractivity contribution is 8.00. The van der Waals surface area contributed by atoms with Crippen molar-refractivity contribution in [3.63, 3.8) is 0 Å². The van der Waals surface area contributed by atoms with Crippen LogP contribution in [-0.4, -0.2) is 37.7 Å². The van der Waals surface area contributed by atoms with Gasteiger partial charge in [-0.1, -0.05) is 42.5 Å². The van der Waals surface area contributed by atoms with Gasteiger partial charge in [-0.3, -0.25) is 14.4 Å². The summed E-state index contributed by atoms with van der Waals surface area (Å²) in [7, 11) is 3.09. The summed E-state index contributed by atoms with van der Waals surface area (Å²) in [5.41, 5.74) is 3.45. The number of hydrogen-bond acceptors (Lipinski definition) is 6. The van der Waals surface area contributed by atoms with Crippen molar-refractivity contribution in [2.45, 2.75) is 11.8 Å². The summed E-state index contributed by atoms with van der Waals surface area (Å²) in [6, 6.07) is 28.6. The highest BCUT2D eigenvalue weighted by Crippen LogP contribution is 2.26. The molecule has 0 fully saturated rings. The molecule has 4 aromatic rings. The molecule has 0 saturated heterocycles. The average Bonchev–Trinajstić information content (AvgIpc) is 3.01. The first-order valence-electron chi connectivity index (χ1n) is 13.1. The first-order chi connectivity index (χ1) is 20.3. The molecule has 214 valence electrons. The van der Waals surface area contributed by atoms with Gasteiger partial charge in [0.05, 0.1) is 20.0 Å². The Morgan fingerprint density at radius 2 is 1.40 bits per heavy atom. The number of ether oxygens (including phenoxy) is 2. The van der Waals surface area contributed by atoms with E-state index in [2.05, 4.69) is 16.0 Å². The Labute approximate surface area is 249 Å². The molecule has 0 heterocycles. The van der Waals surface area contributed by atoms with Crippen LogP contribution >= 0.6 is 11.8 Å². The minimum absolute atomic E-state index is 0.113. The van der Waals surface area contributed by atoms with E-state index in [1.165, 1.54) is 11.8 Å². The van der Waals surface area contributed by atoms with Crippen LogP contribution in [0.3, 0.4) is 0 Å². The molecule has 9 heteroatoms. The van der Waals surface area contributed by atoms with Crippen molar-refractivity contribution in [1.82, 2.24) is 5.32 Å². The molecule has 42 heavy (non-hydrogen) atoms. The number of nitrogens with one attached hydrogen (secondary N) is 3. The lowest BCUT2D eigenvalue weighted by atomic mass is 10.1. The Hall–Kier alpha value is -5.02. The summed E-state index contributed by atoms with van der Waals surface area (Å²) < 4.78 is 10.5. The van der Waals surface area contributed by atoms with Crippen LogP contribution in [0.4, 0.5) is 11.4 Å². The van der Waals surface area contributed by atoms with Gasteiger partial charge in [0.25, 0.3) is 11.8 Å². The fraction of sp³-hybridized carbons (Fsp3) is 0.121. The van der Waals surface area contributed by atoms with E-state index >= 15 is 0 Å². The maximum Gasteiger partial charge on any atom is 0.272 e. The van der Waals surface area contributed by atoms with E-state index in [-0.39, 0.29) is 23.3 Å². The molecular formula is C33H31N3O5S. The summed E-state index contributed by atoms with van der Waals surface area (Å²) in [5.74, 6) is 0.296. The average molecular weight is 582 g/mol. The lowest BCUT2D eigenvalue weighted by Gasteiger charge is -2.12. The van der Waals surface area contributed by atoms with Crippen molar-refractivity contribution in [2.24, 2.45) is 0 Å². The zero-order chi connectivity index (χ0) is 29.9. The van der Waals surface area contributed by atoms with Crippen LogP contribution in [0.25, 0.3) is 6.08 Å².